The monoisotopic (exact) mass is 175 g/mol. The van der Waals surface area contributed by atoms with Crippen LogP contribution in [0.2, 0.25) is 0 Å². The first-order valence-electron chi connectivity index (χ1n) is 4.88. The Kier molecular flexibility index (Phi) is 1.56. The van der Waals surface area contributed by atoms with Crippen LogP contribution in [0.3, 0.4) is 0 Å². The Bertz CT molecular complexity index is 320. The Morgan fingerprint density at radius 3 is 3.08 bits per heavy atom. The van der Waals surface area contributed by atoms with Crippen molar-refractivity contribution in [2.75, 3.05) is 24.6 Å². The number of hydrogen-bond acceptors (Lipinski definition) is 2. The third kappa shape index (κ3) is 1.31. The van der Waals surface area contributed by atoms with Crippen LogP contribution in [-0.4, -0.2) is 25.8 Å². The summed E-state index contributed by atoms with van der Waals surface area (Å²) in [5.74, 6) is 0. The van der Waals surface area contributed by atoms with E-state index in [1.165, 1.54) is 24.2 Å². The minimum atomic E-state index is 0.506. The van der Waals surface area contributed by atoms with E-state index in [2.05, 4.69) is 29.2 Å². The molecular formula is C11H13NO. The van der Waals surface area contributed by atoms with Gasteiger partial charge in [-0.25, -0.2) is 0 Å². The number of fused-ring (bicyclic) bond motifs is 1. The Morgan fingerprint density at radius 2 is 2.23 bits per heavy atom. The lowest BCUT2D eigenvalue weighted by Crippen LogP contribution is -2.25. The number of anilines is 1. The molecule has 0 amide bonds. The number of hydrogen-bond donors (Lipinski definition) is 0. The largest absolute Gasteiger partial charge is 0.371 e. The molecule has 68 valence electrons. The average molecular weight is 175 g/mol. The molecule has 1 aromatic carbocycles. The van der Waals surface area contributed by atoms with Crippen LogP contribution in [0, 0.1) is 0 Å². The van der Waals surface area contributed by atoms with E-state index in [9.17, 15) is 0 Å². The van der Waals surface area contributed by atoms with Crippen molar-refractivity contribution in [1.82, 2.24) is 0 Å². The van der Waals surface area contributed by atoms with Crippen molar-refractivity contribution >= 4 is 5.69 Å². The maximum atomic E-state index is 5.24. The quantitative estimate of drug-likeness (QED) is 0.632. The summed E-state index contributed by atoms with van der Waals surface area (Å²) in [5.41, 5.74) is 2.90. The maximum absolute atomic E-state index is 5.24. The van der Waals surface area contributed by atoms with E-state index >= 15 is 0 Å². The standard InChI is InChI=1S/C11H13NO/c1-2-4-11-9(3-1)5-6-12(11)7-10-8-13-10/h1-4,10H,5-8H2. The molecule has 3 rings (SSSR count). The van der Waals surface area contributed by atoms with E-state index in [0.29, 0.717) is 6.10 Å². The van der Waals surface area contributed by atoms with E-state index in [4.69, 9.17) is 4.74 Å². The second-order valence-corrected chi connectivity index (χ2v) is 3.78. The van der Waals surface area contributed by atoms with Crippen molar-refractivity contribution in [2.24, 2.45) is 0 Å². The van der Waals surface area contributed by atoms with Crippen LogP contribution in [0.5, 0.6) is 0 Å². The SMILES string of the molecule is c1ccc2c(c1)CCN2CC1CO1. The fraction of sp³-hybridized carbons (Fsp3) is 0.455. The molecule has 1 fully saturated rings. The summed E-state index contributed by atoms with van der Waals surface area (Å²) in [7, 11) is 0. The summed E-state index contributed by atoms with van der Waals surface area (Å²) < 4.78 is 5.24. The number of epoxide rings is 1. The number of benzene rings is 1. The molecule has 1 saturated heterocycles. The minimum absolute atomic E-state index is 0.506. The van der Waals surface area contributed by atoms with Crippen molar-refractivity contribution < 1.29 is 4.74 Å². The zero-order valence-corrected chi connectivity index (χ0v) is 7.57. The summed E-state index contributed by atoms with van der Waals surface area (Å²) in [6.07, 6.45) is 1.70. The lowest BCUT2D eigenvalue weighted by Gasteiger charge is -2.17. The zero-order valence-electron chi connectivity index (χ0n) is 7.57. The molecule has 2 heteroatoms. The van der Waals surface area contributed by atoms with E-state index in [0.717, 1.165) is 13.2 Å². The second kappa shape index (κ2) is 2.74. The van der Waals surface area contributed by atoms with Gasteiger partial charge in [0.15, 0.2) is 0 Å². The van der Waals surface area contributed by atoms with E-state index in [-0.39, 0.29) is 0 Å². The lowest BCUT2D eigenvalue weighted by atomic mass is 10.2. The van der Waals surface area contributed by atoms with Crippen molar-refractivity contribution in [3.63, 3.8) is 0 Å². The van der Waals surface area contributed by atoms with Gasteiger partial charge in [-0.2, -0.15) is 0 Å². The Balaban J connectivity index is 1.84. The highest BCUT2D eigenvalue weighted by Gasteiger charge is 2.28. The Morgan fingerprint density at radius 1 is 1.38 bits per heavy atom. The van der Waals surface area contributed by atoms with Gasteiger partial charge in [-0.05, 0) is 18.1 Å². The summed E-state index contributed by atoms with van der Waals surface area (Å²) in [4.78, 5) is 2.44. The Hall–Kier alpha value is -1.02. The zero-order chi connectivity index (χ0) is 8.67. The Labute approximate surface area is 78.1 Å². The van der Waals surface area contributed by atoms with Gasteiger partial charge in [0, 0.05) is 18.8 Å². The molecule has 0 N–H and O–H groups in total. The van der Waals surface area contributed by atoms with E-state index in [1.54, 1.807) is 0 Å². The molecular weight excluding hydrogens is 162 g/mol. The maximum Gasteiger partial charge on any atom is 0.0984 e. The van der Waals surface area contributed by atoms with Gasteiger partial charge in [-0.1, -0.05) is 18.2 Å². The summed E-state index contributed by atoms with van der Waals surface area (Å²) in [6, 6.07) is 8.68. The lowest BCUT2D eigenvalue weighted by molar-refractivity contribution is 0.408. The number of ether oxygens (including phenoxy) is 1. The van der Waals surface area contributed by atoms with Crippen LogP contribution in [0.25, 0.3) is 0 Å². The van der Waals surface area contributed by atoms with Crippen LogP contribution in [0.15, 0.2) is 24.3 Å². The van der Waals surface area contributed by atoms with E-state index in [1.807, 2.05) is 0 Å². The molecule has 0 radical (unpaired) electrons. The first-order chi connectivity index (χ1) is 6.43. The molecule has 2 aliphatic heterocycles. The third-order valence-electron chi connectivity index (χ3n) is 2.81. The number of rotatable bonds is 2. The highest BCUT2D eigenvalue weighted by atomic mass is 16.6. The minimum Gasteiger partial charge on any atom is -0.371 e. The van der Waals surface area contributed by atoms with Gasteiger partial charge >= 0.3 is 0 Å². The van der Waals surface area contributed by atoms with Gasteiger partial charge in [0.2, 0.25) is 0 Å². The second-order valence-electron chi connectivity index (χ2n) is 3.78. The fourth-order valence-corrected chi connectivity index (χ4v) is 2.02. The normalized spacial score (nSPS) is 24.6. The topological polar surface area (TPSA) is 15.8 Å². The van der Waals surface area contributed by atoms with Crippen LogP contribution in [-0.2, 0) is 11.2 Å². The van der Waals surface area contributed by atoms with E-state index < -0.39 is 0 Å². The molecule has 2 heterocycles. The summed E-state index contributed by atoms with van der Waals surface area (Å²) in [6.45, 7) is 3.20. The van der Waals surface area contributed by atoms with Crippen LogP contribution >= 0.6 is 0 Å². The highest BCUT2D eigenvalue weighted by Crippen LogP contribution is 2.28. The fourth-order valence-electron chi connectivity index (χ4n) is 2.02. The molecule has 0 saturated carbocycles. The van der Waals surface area contributed by atoms with Gasteiger partial charge in [0.05, 0.1) is 12.7 Å². The number of para-hydroxylation sites is 1. The van der Waals surface area contributed by atoms with Crippen LogP contribution < -0.4 is 4.90 Å². The molecule has 1 aromatic rings. The molecule has 1 atom stereocenters. The highest BCUT2D eigenvalue weighted by molar-refractivity contribution is 5.57. The third-order valence-corrected chi connectivity index (χ3v) is 2.81. The molecule has 0 bridgehead atoms. The van der Waals surface area contributed by atoms with Crippen molar-refractivity contribution in [2.45, 2.75) is 12.5 Å². The summed E-state index contributed by atoms with van der Waals surface area (Å²) >= 11 is 0. The van der Waals surface area contributed by atoms with Gasteiger partial charge in [-0.15, -0.1) is 0 Å². The molecule has 0 aromatic heterocycles. The number of nitrogens with zero attached hydrogens (tertiary/aromatic N) is 1. The van der Waals surface area contributed by atoms with Gasteiger partial charge in [-0.3, -0.25) is 0 Å². The predicted molar refractivity (Wildman–Crippen MR) is 52.1 cm³/mol. The molecule has 0 aliphatic carbocycles. The predicted octanol–water partition coefficient (Wildman–Crippen LogP) is 1.45. The molecule has 2 nitrogen and oxygen atoms in total. The van der Waals surface area contributed by atoms with Gasteiger partial charge in [0.25, 0.3) is 0 Å². The average Bonchev–Trinajstić information content (AvgIpc) is 2.88. The van der Waals surface area contributed by atoms with Gasteiger partial charge in [0.1, 0.15) is 0 Å². The molecule has 0 spiro atoms. The van der Waals surface area contributed by atoms with Crippen molar-refractivity contribution in [3.8, 4) is 0 Å². The van der Waals surface area contributed by atoms with Crippen LogP contribution in [0.4, 0.5) is 5.69 Å². The van der Waals surface area contributed by atoms with Crippen molar-refractivity contribution in [1.29, 1.82) is 0 Å². The smallest absolute Gasteiger partial charge is 0.0984 e. The van der Waals surface area contributed by atoms with Crippen LogP contribution in [0.1, 0.15) is 5.56 Å². The molecule has 1 unspecified atom stereocenters. The van der Waals surface area contributed by atoms with Gasteiger partial charge < -0.3 is 9.64 Å². The van der Waals surface area contributed by atoms with Crippen molar-refractivity contribution in [3.05, 3.63) is 29.8 Å². The summed E-state index contributed by atoms with van der Waals surface area (Å²) in [5, 5.41) is 0. The first-order valence-corrected chi connectivity index (χ1v) is 4.88. The molecule has 2 aliphatic rings. The molecule has 13 heavy (non-hydrogen) atoms. The first kappa shape index (κ1) is 7.39.